The first-order chi connectivity index (χ1) is 14.5. The van der Waals surface area contributed by atoms with Crippen LogP contribution in [0.3, 0.4) is 0 Å². The molecule has 0 spiro atoms. The Bertz CT molecular complexity index is 1140. The quantitative estimate of drug-likeness (QED) is 0.547. The van der Waals surface area contributed by atoms with Crippen molar-refractivity contribution in [2.24, 2.45) is 0 Å². The van der Waals surface area contributed by atoms with E-state index in [-0.39, 0.29) is 23.3 Å². The average Bonchev–Trinajstić information content (AvgIpc) is 3.56. The number of carbonyl (C=O) groups is 3. The zero-order valence-corrected chi connectivity index (χ0v) is 16.1. The number of rotatable bonds is 6. The second-order valence-corrected chi connectivity index (χ2v) is 7.13. The number of benzene rings is 3. The number of aromatic hydroxyl groups is 1. The van der Waals surface area contributed by atoms with Gasteiger partial charge in [0.15, 0.2) is 6.61 Å². The fourth-order valence-electron chi connectivity index (χ4n) is 3.07. The van der Waals surface area contributed by atoms with E-state index in [1.54, 1.807) is 24.3 Å². The van der Waals surface area contributed by atoms with E-state index >= 15 is 0 Å². The van der Waals surface area contributed by atoms with Crippen LogP contribution in [0, 0.1) is 0 Å². The van der Waals surface area contributed by atoms with Crippen molar-refractivity contribution in [1.29, 1.82) is 0 Å². The Morgan fingerprint density at radius 2 is 1.60 bits per heavy atom. The third-order valence-corrected chi connectivity index (χ3v) is 4.78. The van der Waals surface area contributed by atoms with Gasteiger partial charge >= 0.3 is 5.97 Å². The molecule has 152 valence electrons. The summed E-state index contributed by atoms with van der Waals surface area (Å²) < 4.78 is 5.06. The summed E-state index contributed by atoms with van der Waals surface area (Å²) in [5, 5.41) is 17.1. The number of fused-ring (bicyclic) bond motifs is 1. The van der Waals surface area contributed by atoms with Crippen LogP contribution >= 0.6 is 0 Å². The summed E-state index contributed by atoms with van der Waals surface area (Å²) in [6.45, 7) is -0.552. The Kier molecular flexibility index (Phi) is 5.34. The van der Waals surface area contributed by atoms with Gasteiger partial charge in [0.1, 0.15) is 11.3 Å². The third-order valence-electron chi connectivity index (χ3n) is 4.78. The van der Waals surface area contributed by atoms with Gasteiger partial charge in [-0.05, 0) is 47.9 Å². The molecule has 1 aliphatic carbocycles. The highest BCUT2D eigenvalue weighted by Crippen LogP contribution is 2.26. The van der Waals surface area contributed by atoms with Gasteiger partial charge in [-0.3, -0.25) is 9.59 Å². The van der Waals surface area contributed by atoms with Crippen molar-refractivity contribution in [3.8, 4) is 5.75 Å². The predicted molar refractivity (Wildman–Crippen MR) is 111 cm³/mol. The summed E-state index contributed by atoms with van der Waals surface area (Å²) in [6.07, 6.45) is 1.91. The van der Waals surface area contributed by atoms with Crippen LogP contribution in [0.5, 0.6) is 5.75 Å². The van der Waals surface area contributed by atoms with Crippen molar-refractivity contribution in [3.05, 3.63) is 71.8 Å². The molecular formula is C23H20N2O5. The SMILES string of the molecule is O=C(COC(=O)c1cc2ccccc2cc1O)Nc1ccccc1C(=O)NC1CC1. The van der Waals surface area contributed by atoms with Crippen molar-refractivity contribution in [2.75, 3.05) is 11.9 Å². The van der Waals surface area contributed by atoms with Crippen LogP contribution in [-0.4, -0.2) is 35.5 Å². The smallest absolute Gasteiger partial charge is 0.342 e. The zero-order chi connectivity index (χ0) is 21.1. The lowest BCUT2D eigenvalue weighted by Gasteiger charge is -2.12. The molecule has 0 aliphatic heterocycles. The molecule has 3 aromatic rings. The minimum atomic E-state index is -0.812. The number of nitrogens with one attached hydrogen (secondary N) is 2. The minimum Gasteiger partial charge on any atom is -0.507 e. The molecule has 30 heavy (non-hydrogen) atoms. The fourth-order valence-corrected chi connectivity index (χ4v) is 3.07. The molecule has 3 N–H and O–H groups in total. The van der Waals surface area contributed by atoms with Crippen LogP contribution in [-0.2, 0) is 9.53 Å². The molecule has 0 heterocycles. The number of ether oxygens (including phenoxy) is 1. The molecule has 4 rings (SSSR count). The standard InChI is InChI=1S/C23H20N2O5/c26-20-12-15-6-2-1-5-14(15)11-18(20)23(29)30-13-21(27)25-19-8-4-3-7-17(19)22(28)24-16-9-10-16/h1-8,11-12,16,26H,9-10,13H2,(H,24,28)(H,25,27). The maximum absolute atomic E-state index is 12.3. The number of esters is 1. The summed E-state index contributed by atoms with van der Waals surface area (Å²) in [7, 11) is 0. The van der Waals surface area contributed by atoms with Crippen molar-refractivity contribution < 1.29 is 24.2 Å². The molecule has 1 fully saturated rings. The monoisotopic (exact) mass is 404 g/mol. The van der Waals surface area contributed by atoms with Gasteiger partial charge in [0, 0.05) is 6.04 Å². The van der Waals surface area contributed by atoms with Crippen LogP contribution in [0.25, 0.3) is 10.8 Å². The van der Waals surface area contributed by atoms with E-state index in [9.17, 15) is 19.5 Å². The van der Waals surface area contributed by atoms with Gasteiger partial charge in [0.05, 0.1) is 11.3 Å². The largest absolute Gasteiger partial charge is 0.507 e. The maximum Gasteiger partial charge on any atom is 0.342 e. The highest BCUT2D eigenvalue weighted by molar-refractivity contribution is 6.05. The lowest BCUT2D eigenvalue weighted by atomic mass is 10.1. The van der Waals surface area contributed by atoms with Crippen molar-refractivity contribution >= 4 is 34.2 Å². The highest BCUT2D eigenvalue weighted by Gasteiger charge is 2.25. The van der Waals surface area contributed by atoms with E-state index in [1.807, 2.05) is 24.3 Å². The lowest BCUT2D eigenvalue weighted by molar-refractivity contribution is -0.119. The first-order valence-corrected chi connectivity index (χ1v) is 9.60. The van der Waals surface area contributed by atoms with Gasteiger partial charge in [-0.1, -0.05) is 36.4 Å². The van der Waals surface area contributed by atoms with E-state index in [2.05, 4.69) is 10.6 Å². The van der Waals surface area contributed by atoms with E-state index in [0.717, 1.165) is 23.6 Å². The second kappa shape index (κ2) is 8.24. The molecule has 0 radical (unpaired) electrons. The topological polar surface area (TPSA) is 105 Å². The normalized spacial score (nSPS) is 12.9. The molecule has 0 bridgehead atoms. The van der Waals surface area contributed by atoms with Gasteiger partial charge < -0.3 is 20.5 Å². The van der Waals surface area contributed by atoms with Crippen LogP contribution < -0.4 is 10.6 Å². The number of anilines is 1. The van der Waals surface area contributed by atoms with E-state index in [4.69, 9.17) is 4.74 Å². The van der Waals surface area contributed by atoms with E-state index < -0.39 is 18.5 Å². The van der Waals surface area contributed by atoms with Crippen LogP contribution in [0.1, 0.15) is 33.6 Å². The molecule has 0 saturated heterocycles. The number of hydrogen-bond donors (Lipinski definition) is 3. The fraction of sp³-hybridized carbons (Fsp3) is 0.174. The summed E-state index contributed by atoms with van der Waals surface area (Å²) in [5.41, 5.74) is 0.659. The molecule has 2 amide bonds. The first kappa shape index (κ1) is 19.4. The molecule has 7 nitrogen and oxygen atoms in total. The van der Waals surface area contributed by atoms with Gasteiger partial charge in [-0.15, -0.1) is 0 Å². The van der Waals surface area contributed by atoms with Crippen molar-refractivity contribution in [3.63, 3.8) is 0 Å². The molecule has 1 saturated carbocycles. The number of hydrogen-bond acceptors (Lipinski definition) is 5. The minimum absolute atomic E-state index is 0.0225. The Balaban J connectivity index is 1.40. The summed E-state index contributed by atoms with van der Waals surface area (Å²) in [5.74, 6) is -1.88. The van der Waals surface area contributed by atoms with E-state index in [1.165, 1.54) is 12.1 Å². The van der Waals surface area contributed by atoms with Crippen molar-refractivity contribution in [1.82, 2.24) is 5.32 Å². The van der Waals surface area contributed by atoms with Crippen LogP contribution in [0.15, 0.2) is 60.7 Å². The molecule has 0 aromatic heterocycles. The average molecular weight is 404 g/mol. The van der Waals surface area contributed by atoms with Gasteiger partial charge in [0.2, 0.25) is 0 Å². The molecular weight excluding hydrogens is 384 g/mol. The molecule has 0 atom stereocenters. The van der Waals surface area contributed by atoms with Gasteiger partial charge in [-0.2, -0.15) is 0 Å². The van der Waals surface area contributed by atoms with Gasteiger partial charge in [0.25, 0.3) is 11.8 Å². The first-order valence-electron chi connectivity index (χ1n) is 9.60. The van der Waals surface area contributed by atoms with E-state index in [0.29, 0.717) is 11.3 Å². The Morgan fingerprint density at radius 1 is 0.933 bits per heavy atom. The second-order valence-electron chi connectivity index (χ2n) is 7.13. The number of phenolic OH excluding ortho intramolecular Hbond substituents is 1. The van der Waals surface area contributed by atoms with Crippen LogP contribution in [0.4, 0.5) is 5.69 Å². The molecule has 0 unspecified atom stereocenters. The summed E-state index contributed by atoms with van der Waals surface area (Å²) in [6, 6.07) is 17.1. The number of carbonyl (C=O) groups excluding carboxylic acids is 3. The summed E-state index contributed by atoms with van der Waals surface area (Å²) >= 11 is 0. The zero-order valence-electron chi connectivity index (χ0n) is 16.1. The van der Waals surface area contributed by atoms with Crippen molar-refractivity contribution in [2.45, 2.75) is 18.9 Å². The maximum atomic E-state index is 12.3. The Labute approximate surface area is 172 Å². The highest BCUT2D eigenvalue weighted by atomic mass is 16.5. The molecule has 7 heteroatoms. The van der Waals surface area contributed by atoms with Gasteiger partial charge in [-0.25, -0.2) is 4.79 Å². The molecule has 3 aromatic carbocycles. The number of phenols is 1. The number of para-hydroxylation sites is 1. The summed E-state index contributed by atoms with van der Waals surface area (Å²) in [4.78, 5) is 36.9. The third kappa shape index (κ3) is 4.41. The predicted octanol–water partition coefficient (Wildman–Crippen LogP) is 3.23. The number of amides is 2. The Hall–Kier alpha value is -3.87. The molecule has 1 aliphatic rings. The Morgan fingerprint density at radius 3 is 2.33 bits per heavy atom. The van der Waals surface area contributed by atoms with Crippen LogP contribution in [0.2, 0.25) is 0 Å². The lowest BCUT2D eigenvalue weighted by Crippen LogP contribution is -2.28.